The molecule has 1 N–H and O–H groups in total. The van der Waals surface area contributed by atoms with E-state index in [0.29, 0.717) is 42.3 Å². The van der Waals surface area contributed by atoms with Crippen LogP contribution in [0, 0.1) is 5.92 Å². The Labute approximate surface area is 171 Å². The van der Waals surface area contributed by atoms with Gasteiger partial charge in [-0.1, -0.05) is 41.9 Å². The van der Waals surface area contributed by atoms with Crippen LogP contribution in [0.1, 0.15) is 25.3 Å². The van der Waals surface area contributed by atoms with Gasteiger partial charge in [-0.05, 0) is 56.0 Å². The van der Waals surface area contributed by atoms with E-state index in [-0.39, 0.29) is 17.9 Å². The Bertz CT molecular complexity index is 910. The Morgan fingerprint density at radius 1 is 1.14 bits per heavy atom. The molecule has 1 heterocycles. The second kappa shape index (κ2) is 9.07. The Morgan fingerprint density at radius 3 is 2.46 bits per heavy atom. The van der Waals surface area contributed by atoms with E-state index in [1.807, 2.05) is 31.2 Å². The molecule has 150 valence electrons. The van der Waals surface area contributed by atoms with Crippen LogP contribution in [0.25, 0.3) is 0 Å². The third-order valence-corrected chi connectivity index (χ3v) is 7.17. The average molecular weight is 421 g/mol. The van der Waals surface area contributed by atoms with Gasteiger partial charge in [0, 0.05) is 30.1 Å². The Morgan fingerprint density at radius 2 is 1.82 bits per heavy atom. The van der Waals surface area contributed by atoms with Crippen LogP contribution in [0.2, 0.25) is 5.02 Å². The van der Waals surface area contributed by atoms with Crippen LogP contribution in [0.15, 0.2) is 59.5 Å². The molecule has 1 amide bonds. The van der Waals surface area contributed by atoms with Gasteiger partial charge in [0.1, 0.15) is 0 Å². The number of hydrogen-bond donors (Lipinski definition) is 1. The number of nitrogens with zero attached hydrogens (tertiary/aromatic N) is 1. The first-order valence-corrected chi connectivity index (χ1v) is 11.3. The minimum absolute atomic E-state index is 0.00807. The van der Waals surface area contributed by atoms with Crippen LogP contribution in [0.3, 0.4) is 0 Å². The molecule has 1 saturated heterocycles. The molecular weight excluding hydrogens is 396 g/mol. The highest BCUT2D eigenvalue weighted by molar-refractivity contribution is 7.89. The van der Waals surface area contributed by atoms with Crippen LogP contribution in [0.5, 0.6) is 0 Å². The fraction of sp³-hybridized carbons (Fsp3) is 0.381. The largest absolute Gasteiger partial charge is 0.353 e. The number of carbonyl (C=O) groups is 1. The van der Waals surface area contributed by atoms with E-state index in [4.69, 9.17) is 11.6 Å². The van der Waals surface area contributed by atoms with Crippen molar-refractivity contribution in [2.45, 2.75) is 37.1 Å². The van der Waals surface area contributed by atoms with E-state index < -0.39 is 10.0 Å². The molecule has 0 radical (unpaired) electrons. The second-order valence-electron chi connectivity index (χ2n) is 7.24. The zero-order valence-electron chi connectivity index (χ0n) is 15.8. The fourth-order valence-corrected chi connectivity index (χ4v) is 5.23. The van der Waals surface area contributed by atoms with Gasteiger partial charge in [-0.3, -0.25) is 4.79 Å². The monoisotopic (exact) mass is 420 g/mol. The normalized spacial score (nSPS) is 17.2. The van der Waals surface area contributed by atoms with Gasteiger partial charge in [-0.15, -0.1) is 0 Å². The average Bonchev–Trinajstić information content (AvgIpc) is 2.68. The summed E-state index contributed by atoms with van der Waals surface area (Å²) < 4.78 is 26.8. The van der Waals surface area contributed by atoms with Crippen molar-refractivity contribution < 1.29 is 13.2 Å². The summed E-state index contributed by atoms with van der Waals surface area (Å²) in [6.07, 6.45) is 1.76. The molecule has 1 fully saturated rings. The van der Waals surface area contributed by atoms with E-state index >= 15 is 0 Å². The predicted molar refractivity (Wildman–Crippen MR) is 111 cm³/mol. The summed E-state index contributed by atoms with van der Waals surface area (Å²) in [7, 11) is -3.49. The van der Waals surface area contributed by atoms with Crippen LogP contribution in [-0.2, 0) is 21.2 Å². The molecule has 1 aliphatic rings. The zero-order chi connectivity index (χ0) is 20.1. The van der Waals surface area contributed by atoms with Gasteiger partial charge in [-0.25, -0.2) is 8.42 Å². The SMILES string of the molecule is C[C@@H](Cc1cccc(Cl)c1)NC(=O)C1CCN(S(=O)(=O)c2ccccc2)CC1. The maximum absolute atomic E-state index is 12.7. The highest BCUT2D eigenvalue weighted by atomic mass is 35.5. The summed E-state index contributed by atoms with van der Waals surface area (Å²) >= 11 is 6.01. The van der Waals surface area contributed by atoms with E-state index in [9.17, 15) is 13.2 Å². The zero-order valence-corrected chi connectivity index (χ0v) is 17.4. The molecule has 3 rings (SSSR count). The Balaban J connectivity index is 1.52. The number of benzene rings is 2. The minimum atomic E-state index is -3.49. The lowest BCUT2D eigenvalue weighted by Gasteiger charge is -2.31. The molecule has 0 saturated carbocycles. The number of nitrogens with one attached hydrogen (secondary N) is 1. The maximum atomic E-state index is 12.7. The lowest BCUT2D eigenvalue weighted by atomic mass is 9.96. The summed E-state index contributed by atoms with van der Waals surface area (Å²) in [6, 6.07) is 16.0. The van der Waals surface area contributed by atoms with Gasteiger partial charge in [0.25, 0.3) is 0 Å². The number of amides is 1. The molecule has 28 heavy (non-hydrogen) atoms. The number of piperidine rings is 1. The van der Waals surface area contributed by atoms with Crippen LogP contribution in [0.4, 0.5) is 0 Å². The molecule has 1 atom stereocenters. The number of halogens is 1. The van der Waals surface area contributed by atoms with E-state index in [0.717, 1.165) is 5.56 Å². The first-order valence-electron chi connectivity index (χ1n) is 9.46. The Hall–Kier alpha value is -1.89. The van der Waals surface area contributed by atoms with Crippen LogP contribution in [-0.4, -0.2) is 37.8 Å². The summed E-state index contributed by atoms with van der Waals surface area (Å²) in [5.41, 5.74) is 1.07. The van der Waals surface area contributed by atoms with E-state index in [2.05, 4.69) is 5.32 Å². The molecule has 2 aromatic rings. The summed E-state index contributed by atoms with van der Waals surface area (Å²) in [5, 5.41) is 3.74. The molecule has 0 spiro atoms. The quantitative estimate of drug-likeness (QED) is 0.777. The highest BCUT2D eigenvalue weighted by Gasteiger charge is 2.32. The maximum Gasteiger partial charge on any atom is 0.243 e. The number of rotatable bonds is 6. The fourth-order valence-electron chi connectivity index (χ4n) is 3.53. The van der Waals surface area contributed by atoms with Gasteiger partial charge in [0.05, 0.1) is 4.90 Å². The third kappa shape index (κ3) is 5.13. The molecule has 0 aromatic heterocycles. The van der Waals surface area contributed by atoms with Gasteiger partial charge < -0.3 is 5.32 Å². The lowest BCUT2D eigenvalue weighted by Crippen LogP contribution is -2.45. The van der Waals surface area contributed by atoms with Crippen molar-refractivity contribution in [2.24, 2.45) is 5.92 Å². The van der Waals surface area contributed by atoms with Crippen molar-refractivity contribution >= 4 is 27.5 Å². The molecule has 1 aliphatic heterocycles. The van der Waals surface area contributed by atoms with Crippen molar-refractivity contribution in [3.63, 3.8) is 0 Å². The van der Waals surface area contributed by atoms with Crippen molar-refractivity contribution in [3.8, 4) is 0 Å². The smallest absolute Gasteiger partial charge is 0.243 e. The molecule has 0 unspecified atom stereocenters. The first kappa shape index (κ1) is 20.8. The predicted octanol–water partition coefficient (Wildman–Crippen LogP) is 3.49. The van der Waals surface area contributed by atoms with Crippen molar-refractivity contribution in [1.29, 1.82) is 0 Å². The highest BCUT2D eigenvalue weighted by Crippen LogP contribution is 2.24. The van der Waals surface area contributed by atoms with Crippen LogP contribution < -0.4 is 5.32 Å². The second-order valence-corrected chi connectivity index (χ2v) is 9.61. The number of carbonyl (C=O) groups excluding carboxylic acids is 1. The number of hydrogen-bond acceptors (Lipinski definition) is 3. The standard InChI is InChI=1S/C21H25ClN2O3S/c1-16(14-17-6-5-7-19(22)15-17)23-21(25)18-10-12-24(13-11-18)28(26,27)20-8-3-2-4-9-20/h2-9,15-16,18H,10-14H2,1H3,(H,23,25)/t16-/m0/s1. The molecule has 0 bridgehead atoms. The minimum Gasteiger partial charge on any atom is -0.353 e. The van der Waals surface area contributed by atoms with Gasteiger partial charge in [0.15, 0.2) is 0 Å². The summed E-state index contributed by atoms with van der Waals surface area (Å²) in [4.78, 5) is 12.9. The van der Waals surface area contributed by atoms with Crippen molar-refractivity contribution in [3.05, 3.63) is 65.2 Å². The van der Waals surface area contributed by atoms with Crippen molar-refractivity contribution in [2.75, 3.05) is 13.1 Å². The van der Waals surface area contributed by atoms with Gasteiger partial charge in [-0.2, -0.15) is 4.31 Å². The molecular formula is C21H25ClN2O3S. The first-order chi connectivity index (χ1) is 13.4. The van der Waals surface area contributed by atoms with Crippen molar-refractivity contribution in [1.82, 2.24) is 9.62 Å². The topological polar surface area (TPSA) is 66.5 Å². The van der Waals surface area contributed by atoms with E-state index in [1.165, 1.54) is 4.31 Å². The van der Waals surface area contributed by atoms with Gasteiger partial charge in [0.2, 0.25) is 15.9 Å². The molecule has 7 heteroatoms. The Kier molecular flexibility index (Phi) is 6.75. The van der Waals surface area contributed by atoms with E-state index in [1.54, 1.807) is 30.3 Å². The summed E-state index contributed by atoms with van der Waals surface area (Å²) in [5.74, 6) is -0.171. The third-order valence-electron chi connectivity index (χ3n) is 5.03. The molecule has 5 nitrogen and oxygen atoms in total. The molecule has 2 aromatic carbocycles. The lowest BCUT2D eigenvalue weighted by molar-refractivity contribution is -0.126. The summed E-state index contributed by atoms with van der Waals surface area (Å²) in [6.45, 7) is 2.68. The number of sulfonamides is 1. The molecule has 0 aliphatic carbocycles. The van der Waals surface area contributed by atoms with Gasteiger partial charge >= 0.3 is 0 Å². The van der Waals surface area contributed by atoms with Crippen LogP contribution >= 0.6 is 11.6 Å².